The number of hydrogen-bond acceptors (Lipinski definition) is 5. The van der Waals surface area contributed by atoms with Gasteiger partial charge in [0.2, 0.25) is 0 Å². The Morgan fingerprint density at radius 2 is 1.87 bits per heavy atom. The quantitative estimate of drug-likeness (QED) is 0.454. The van der Waals surface area contributed by atoms with Crippen molar-refractivity contribution in [3.05, 3.63) is 76.7 Å². The third-order valence-corrected chi connectivity index (χ3v) is 5.99. The van der Waals surface area contributed by atoms with E-state index >= 15 is 0 Å². The summed E-state index contributed by atoms with van der Waals surface area (Å²) >= 11 is 6.17. The Labute approximate surface area is 184 Å². The van der Waals surface area contributed by atoms with Crippen molar-refractivity contribution in [2.45, 2.75) is 18.8 Å². The molecule has 0 N–H and O–H groups in total. The van der Waals surface area contributed by atoms with Crippen LogP contribution in [0, 0.1) is 0 Å². The molecular weight excluding hydrogens is 414 g/mol. The molecule has 156 valence electrons. The molecule has 1 atom stereocenters. The molecule has 0 bridgehead atoms. The fraction of sp³-hybridized carbons (Fsp3) is 0.208. The normalized spacial score (nSPS) is 15.7. The van der Waals surface area contributed by atoms with Crippen molar-refractivity contribution in [1.29, 1.82) is 0 Å². The maximum atomic E-state index is 12.9. The van der Waals surface area contributed by atoms with E-state index in [1.807, 2.05) is 42.5 Å². The molecule has 31 heavy (non-hydrogen) atoms. The molecule has 5 rings (SSSR count). The lowest BCUT2D eigenvalue weighted by atomic mass is 9.82. The smallest absolute Gasteiger partial charge is 0.166 e. The van der Waals surface area contributed by atoms with Crippen LogP contribution >= 0.6 is 11.6 Å². The van der Waals surface area contributed by atoms with E-state index in [-0.39, 0.29) is 11.7 Å². The number of nitrogens with zero attached hydrogens (tertiary/aromatic N) is 3. The van der Waals surface area contributed by atoms with Crippen LogP contribution in [-0.4, -0.2) is 34.6 Å². The predicted molar refractivity (Wildman–Crippen MR) is 118 cm³/mol. The zero-order valence-electron chi connectivity index (χ0n) is 17.1. The van der Waals surface area contributed by atoms with Gasteiger partial charge in [0.1, 0.15) is 0 Å². The molecule has 4 aromatic rings. The standard InChI is InChI=1S/C24H20ClN3O3/c1-30-22-7-6-15(11-23(22)31-2)18-12-26-28-13-19-20(27-24(18)28)9-16(10-21(19)29)14-4-3-5-17(25)8-14/h3-8,11-13,16H,9-10H2,1-2H3. The molecule has 0 saturated heterocycles. The number of hydrogen-bond donors (Lipinski definition) is 0. The van der Waals surface area contributed by atoms with Gasteiger partial charge < -0.3 is 9.47 Å². The second kappa shape index (κ2) is 7.71. The first-order chi connectivity index (χ1) is 15.1. The Hall–Kier alpha value is -3.38. The van der Waals surface area contributed by atoms with Crippen LogP contribution < -0.4 is 9.47 Å². The molecule has 2 aromatic carbocycles. The van der Waals surface area contributed by atoms with Gasteiger partial charge in [-0.05, 0) is 47.7 Å². The highest BCUT2D eigenvalue weighted by molar-refractivity contribution is 6.30. The summed E-state index contributed by atoms with van der Waals surface area (Å²) in [6.07, 6.45) is 4.66. The molecule has 0 fully saturated rings. The highest BCUT2D eigenvalue weighted by atomic mass is 35.5. The third-order valence-electron chi connectivity index (χ3n) is 5.76. The van der Waals surface area contributed by atoms with E-state index < -0.39 is 0 Å². The van der Waals surface area contributed by atoms with Crippen molar-refractivity contribution < 1.29 is 14.3 Å². The summed E-state index contributed by atoms with van der Waals surface area (Å²) < 4.78 is 12.4. The van der Waals surface area contributed by atoms with E-state index in [1.165, 1.54) is 0 Å². The van der Waals surface area contributed by atoms with Gasteiger partial charge in [-0.15, -0.1) is 0 Å². The molecule has 6 nitrogen and oxygen atoms in total. The number of Topliss-reactive ketones (excluding diaryl/α,β-unsaturated/α-hetero) is 1. The van der Waals surface area contributed by atoms with E-state index in [0.717, 1.165) is 22.4 Å². The molecule has 0 aliphatic heterocycles. The minimum absolute atomic E-state index is 0.0566. The number of ketones is 1. The molecule has 7 heteroatoms. The lowest BCUT2D eigenvalue weighted by Gasteiger charge is -2.23. The summed E-state index contributed by atoms with van der Waals surface area (Å²) in [6, 6.07) is 13.4. The van der Waals surface area contributed by atoms with Crippen LogP contribution in [0.15, 0.2) is 54.9 Å². The number of benzene rings is 2. The van der Waals surface area contributed by atoms with Crippen LogP contribution in [-0.2, 0) is 6.42 Å². The fourth-order valence-electron chi connectivity index (χ4n) is 4.18. The van der Waals surface area contributed by atoms with Crippen molar-refractivity contribution >= 4 is 23.0 Å². The van der Waals surface area contributed by atoms with Gasteiger partial charge in [0, 0.05) is 23.2 Å². The van der Waals surface area contributed by atoms with Crippen molar-refractivity contribution in [3.63, 3.8) is 0 Å². The summed E-state index contributed by atoms with van der Waals surface area (Å²) in [5.74, 6) is 1.42. The average Bonchev–Trinajstić information content (AvgIpc) is 3.20. The van der Waals surface area contributed by atoms with Crippen LogP contribution in [0.2, 0.25) is 5.02 Å². The van der Waals surface area contributed by atoms with Gasteiger partial charge >= 0.3 is 0 Å². The third kappa shape index (κ3) is 3.43. The number of methoxy groups -OCH3 is 2. The van der Waals surface area contributed by atoms with Crippen LogP contribution in [0.5, 0.6) is 11.5 Å². The van der Waals surface area contributed by atoms with E-state index in [1.54, 1.807) is 31.1 Å². The van der Waals surface area contributed by atoms with Gasteiger partial charge in [0.05, 0.1) is 31.7 Å². The maximum Gasteiger partial charge on any atom is 0.166 e. The zero-order valence-corrected chi connectivity index (χ0v) is 17.9. The lowest BCUT2D eigenvalue weighted by molar-refractivity contribution is 0.0962. The second-order valence-electron chi connectivity index (χ2n) is 7.58. The number of halogens is 1. The van der Waals surface area contributed by atoms with Gasteiger partial charge in [0.15, 0.2) is 22.9 Å². The molecule has 0 saturated carbocycles. The topological polar surface area (TPSA) is 65.7 Å². The Morgan fingerprint density at radius 1 is 1.03 bits per heavy atom. The molecule has 0 spiro atoms. The summed E-state index contributed by atoms with van der Waals surface area (Å²) in [5, 5.41) is 5.11. The van der Waals surface area contributed by atoms with Gasteiger partial charge in [0.25, 0.3) is 0 Å². The van der Waals surface area contributed by atoms with E-state index in [9.17, 15) is 4.79 Å². The summed E-state index contributed by atoms with van der Waals surface area (Å²) in [7, 11) is 3.21. The first kappa shape index (κ1) is 19.6. The number of carbonyl (C=O) groups excluding carboxylic acids is 1. The molecule has 0 amide bonds. The van der Waals surface area contributed by atoms with Crippen molar-refractivity contribution in [2.75, 3.05) is 14.2 Å². The summed E-state index contributed by atoms with van der Waals surface area (Å²) in [6.45, 7) is 0. The van der Waals surface area contributed by atoms with Crippen LogP contribution in [0.4, 0.5) is 0 Å². The van der Waals surface area contributed by atoms with Gasteiger partial charge in [-0.1, -0.05) is 29.8 Å². The first-order valence-corrected chi connectivity index (χ1v) is 10.3. The fourth-order valence-corrected chi connectivity index (χ4v) is 4.38. The molecule has 1 aliphatic rings. The minimum atomic E-state index is 0.0566. The van der Waals surface area contributed by atoms with E-state index in [0.29, 0.717) is 40.6 Å². The predicted octanol–water partition coefficient (Wildman–Crippen LogP) is 4.98. The highest BCUT2D eigenvalue weighted by Crippen LogP contribution is 2.36. The Balaban J connectivity index is 1.58. The Bertz CT molecular complexity index is 1310. The molecule has 1 unspecified atom stereocenters. The number of ether oxygens (including phenoxy) is 2. The summed E-state index contributed by atoms with van der Waals surface area (Å²) in [4.78, 5) is 17.8. The highest BCUT2D eigenvalue weighted by Gasteiger charge is 2.29. The second-order valence-corrected chi connectivity index (χ2v) is 8.02. The largest absolute Gasteiger partial charge is 0.493 e. The summed E-state index contributed by atoms with van der Waals surface area (Å²) in [5.41, 5.74) is 4.95. The van der Waals surface area contributed by atoms with E-state index in [4.69, 9.17) is 26.1 Å². The molecular formula is C24H20ClN3O3. The molecule has 2 aromatic heterocycles. The van der Waals surface area contributed by atoms with Gasteiger partial charge in [-0.25, -0.2) is 9.50 Å². The number of carbonyl (C=O) groups is 1. The molecule has 0 radical (unpaired) electrons. The molecule has 1 aliphatic carbocycles. The van der Waals surface area contributed by atoms with Crippen molar-refractivity contribution in [3.8, 4) is 22.6 Å². The number of aromatic nitrogens is 3. The van der Waals surface area contributed by atoms with Crippen LogP contribution in [0.1, 0.15) is 34.0 Å². The van der Waals surface area contributed by atoms with Crippen molar-refractivity contribution in [2.24, 2.45) is 0 Å². The monoisotopic (exact) mass is 433 g/mol. The van der Waals surface area contributed by atoms with E-state index in [2.05, 4.69) is 5.10 Å². The maximum absolute atomic E-state index is 12.9. The van der Waals surface area contributed by atoms with Gasteiger partial charge in [-0.3, -0.25) is 4.79 Å². The first-order valence-electron chi connectivity index (χ1n) is 9.95. The Kier molecular flexibility index (Phi) is 4.87. The SMILES string of the molecule is COc1ccc(-c2cnn3cc4c(nc23)CC(c2cccc(Cl)c2)CC4=O)cc1OC. The lowest BCUT2D eigenvalue weighted by Crippen LogP contribution is -2.21. The van der Waals surface area contributed by atoms with Crippen LogP contribution in [0.3, 0.4) is 0 Å². The number of fused-ring (bicyclic) bond motifs is 2. The Morgan fingerprint density at radius 3 is 2.65 bits per heavy atom. The van der Waals surface area contributed by atoms with Crippen molar-refractivity contribution in [1.82, 2.24) is 14.6 Å². The number of rotatable bonds is 4. The van der Waals surface area contributed by atoms with Crippen LogP contribution in [0.25, 0.3) is 16.8 Å². The zero-order chi connectivity index (χ0) is 21.5. The average molecular weight is 434 g/mol. The molecule has 2 heterocycles. The van der Waals surface area contributed by atoms with Gasteiger partial charge in [-0.2, -0.15) is 5.10 Å². The minimum Gasteiger partial charge on any atom is -0.493 e.